The Kier molecular flexibility index (Phi) is 3.41. The molecule has 0 fully saturated rings. The zero-order valence-electron chi connectivity index (χ0n) is 11.6. The number of aryl methyl sites for hydroxylation is 1. The molecule has 96 valence electrons. The number of nitrogens with zero attached hydrogens (tertiary/aromatic N) is 2. The van der Waals surface area contributed by atoms with Crippen molar-refractivity contribution in [1.82, 2.24) is 9.78 Å². The van der Waals surface area contributed by atoms with Crippen molar-refractivity contribution < 1.29 is 0 Å². The fourth-order valence-electron chi connectivity index (χ4n) is 1.86. The first kappa shape index (κ1) is 12.7. The predicted molar refractivity (Wildman–Crippen MR) is 76.7 cm³/mol. The molecule has 0 atom stereocenters. The van der Waals surface area contributed by atoms with E-state index in [-0.39, 0.29) is 5.54 Å². The van der Waals surface area contributed by atoms with Gasteiger partial charge in [-0.15, -0.1) is 0 Å². The third-order valence-electron chi connectivity index (χ3n) is 2.69. The van der Waals surface area contributed by atoms with Crippen molar-refractivity contribution in [1.29, 1.82) is 0 Å². The van der Waals surface area contributed by atoms with Crippen LogP contribution in [0.5, 0.6) is 0 Å². The second-order valence-corrected chi connectivity index (χ2v) is 5.54. The molecule has 0 bridgehead atoms. The van der Waals surface area contributed by atoms with Crippen molar-refractivity contribution >= 4 is 5.69 Å². The molecule has 0 aliphatic heterocycles. The van der Waals surface area contributed by atoms with Gasteiger partial charge < -0.3 is 5.32 Å². The van der Waals surface area contributed by atoms with Gasteiger partial charge in [-0.3, -0.25) is 4.68 Å². The number of hydrogen-bond donors (Lipinski definition) is 1. The summed E-state index contributed by atoms with van der Waals surface area (Å²) in [6.45, 7) is 9.47. The lowest BCUT2D eigenvalue weighted by molar-refractivity contribution is 0.634. The van der Waals surface area contributed by atoms with Crippen LogP contribution in [0.15, 0.2) is 36.7 Å². The topological polar surface area (TPSA) is 29.9 Å². The Bertz CT molecular complexity index is 503. The molecular weight excluding hydrogens is 222 g/mol. The Hall–Kier alpha value is -1.77. The Labute approximate surface area is 109 Å². The van der Waals surface area contributed by atoms with Gasteiger partial charge in [-0.25, -0.2) is 0 Å². The van der Waals surface area contributed by atoms with Gasteiger partial charge in [-0.1, -0.05) is 12.1 Å². The molecule has 0 amide bonds. The molecule has 1 heterocycles. The molecule has 0 spiro atoms. The standard InChI is InChI=1S/C15H21N3/c1-5-18-11-13(10-16-18)12-6-8-14(9-7-12)17-15(2,3)4/h6-11,17H,5H2,1-4H3. The van der Waals surface area contributed by atoms with E-state index in [4.69, 9.17) is 0 Å². The minimum atomic E-state index is 0.0919. The highest BCUT2D eigenvalue weighted by Crippen LogP contribution is 2.22. The highest BCUT2D eigenvalue weighted by molar-refractivity contribution is 5.64. The number of anilines is 1. The lowest BCUT2D eigenvalue weighted by Gasteiger charge is -2.22. The normalized spacial score (nSPS) is 11.6. The van der Waals surface area contributed by atoms with Gasteiger partial charge in [0.1, 0.15) is 0 Å². The van der Waals surface area contributed by atoms with Crippen LogP contribution in [0, 0.1) is 0 Å². The quantitative estimate of drug-likeness (QED) is 0.889. The fourth-order valence-corrected chi connectivity index (χ4v) is 1.86. The molecule has 0 saturated carbocycles. The molecule has 2 rings (SSSR count). The van der Waals surface area contributed by atoms with Crippen LogP contribution in [0.25, 0.3) is 11.1 Å². The number of aromatic nitrogens is 2. The highest BCUT2D eigenvalue weighted by atomic mass is 15.3. The molecule has 1 N–H and O–H groups in total. The first-order valence-corrected chi connectivity index (χ1v) is 6.39. The van der Waals surface area contributed by atoms with Crippen LogP contribution in [-0.4, -0.2) is 15.3 Å². The van der Waals surface area contributed by atoms with Crippen LogP contribution in [-0.2, 0) is 6.54 Å². The maximum Gasteiger partial charge on any atom is 0.0568 e. The van der Waals surface area contributed by atoms with Crippen LogP contribution < -0.4 is 5.32 Å². The second kappa shape index (κ2) is 4.84. The summed E-state index contributed by atoms with van der Waals surface area (Å²) >= 11 is 0. The van der Waals surface area contributed by atoms with E-state index in [9.17, 15) is 0 Å². The number of nitrogens with one attached hydrogen (secondary N) is 1. The first-order valence-electron chi connectivity index (χ1n) is 6.39. The zero-order valence-corrected chi connectivity index (χ0v) is 11.6. The van der Waals surface area contributed by atoms with Crippen molar-refractivity contribution in [2.75, 3.05) is 5.32 Å². The zero-order chi connectivity index (χ0) is 13.2. The van der Waals surface area contributed by atoms with Gasteiger partial charge in [-0.2, -0.15) is 5.10 Å². The Morgan fingerprint density at radius 1 is 1.11 bits per heavy atom. The molecule has 2 aromatic rings. The predicted octanol–water partition coefficient (Wildman–Crippen LogP) is 3.78. The molecule has 1 aromatic heterocycles. The summed E-state index contributed by atoms with van der Waals surface area (Å²) in [5.41, 5.74) is 3.61. The van der Waals surface area contributed by atoms with Gasteiger partial charge in [-0.05, 0) is 45.4 Å². The van der Waals surface area contributed by atoms with Crippen LogP contribution in [0.1, 0.15) is 27.7 Å². The third-order valence-corrected chi connectivity index (χ3v) is 2.69. The maximum atomic E-state index is 4.29. The van der Waals surface area contributed by atoms with Crippen molar-refractivity contribution in [2.45, 2.75) is 39.8 Å². The van der Waals surface area contributed by atoms with E-state index in [0.717, 1.165) is 12.2 Å². The largest absolute Gasteiger partial charge is 0.380 e. The van der Waals surface area contributed by atoms with Crippen molar-refractivity contribution in [2.24, 2.45) is 0 Å². The average Bonchev–Trinajstić information content (AvgIpc) is 2.76. The minimum absolute atomic E-state index is 0.0919. The van der Waals surface area contributed by atoms with Crippen LogP contribution in [0.4, 0.5) is 5.69 Å². The molecule has 3 heteroatoms. The smallest absolute Gasteiger partial charge is 0.0568 e. The number of benzene rings is 1. The van der Waals surface area contributed by atoms with E-state index in [0.29, 0.717) is 0 Å². The van der Waals surface area contributed by atoms with Crippen LogP contribution in [0.2, 0.25) is 0 Å². The van der Waals surface area contributed by atoms with Crippen LogP contribution >= 0.6 is 0 Å². The summed E-state index contributed by atoms with van der Waals surface area (Å²) in [5, 5.41) is 7.75. The molecule has 0 saturated heterocycles. The Balaban J connectivity index is 2.17. The van der Waals surface area contributed by atoms with E-state index in [1.807, 2.05) is 10.9 Å². The van der Waals surface area contributed by atoms with E-state index < -0.39 is 0 Å². The first-order chi connectivity index (χ1) is 8.48. The minimum Gasteiger partial charge on any atom is -0.380 e. The SMILES string of the molecule is CCn1cc(-c2ccc(NC(C)(C)C)cc2)cn1. The summed E-state index contributed by atoms with van der Waals surface area (Å²) in [5.74, 6) is 0. The van der Waals surface area contributed by atoms with E-state index >= 15 is 0 Å². The van der Waals surface area contributed by atoms with Crippen molar-refractivity contribution in [3.8, 4) is 11.1 Å². The summed E-state index contributed by atoms with van der Waals surface area (Å²) in [6, 6.07) is 8.49. The molecule has 3 nitrogen and oxygen atoms in total. The summed E-state index contributed by atoms with van der Waals surface area (Å²) in [4.78, 5) is 0. The fraction of sp³-hybridized carbons (Fsp3) is 0.400. The molecule has 0 radical (unpaired) electrons. The van der Waals surface area contributed by atoms with Crippen molar-refractivity contribution in [3.05, 3.63) is 36.7 Å². The van der Waals surface area contributed by atoms with Gasteiger partial charge in [0.2, 0.25) is 0 Å². The second-order valence-electron chi connectivity index (χ2n) is 5.54. The summed E-state index contributed by atoms with van der Waals surface area (Å²) in [6.07, 6.45) is 3.99. The maximum absolute atomic E-state index is 4.29. The van der Waals surface area contributed by atoms with Gasteiger partial charge >= 0.3 is 0 Å². The molecule has 18 heavy (non-hydrogen) atoms. The molecule has 0 aliphatic rings. The number of hydrogen-bond acceptors (Lipinski definition) is 2. The summed E-state index contributed by atoms with van der Waals surface area (Å²) < 4.78 is 1.94. The molecule has 0 unspecified atom stereocenters. The van der Waals surface area contributed by atoms with E-state index in [2.05, 4.69) is 68.6 Å². The van der Waals surface area contributed by atoms with Crippen LogP contribution in [0.3, 0.4) is 0 Å². The molecular formula is C15H21N3. The highest BCUT2D eigenvalue weighted by Gasteiger charge is 2.09. The summed E-state index contributed by atoms with van der Waals surface area (Å²) in [7, 11) is 0. The van der Waals surface area contributed by atoms with Crippen molar-refractivity contribution in [3.63, 3.8) is 0 Å². The lowest BCUT2D eigenvalue weighted by atomic mass is 10.1. The Morgan fingerprint density at radius 3 is 2.28 bits per heavy atom. The monoisotopic (exact) mass is 243 g/mol. The van der Waals surface area contributed by atoms with Gasteiger partial charge in [0.25, 0.3) is 0 Å². The molecule has 0 aliphatic carbocycles. The third kappa shape index (κ3) is 3.13. The Morgan fingerprint density at radius 2 is 1.78 bits per heavy atom. The van der Waals surface area contributed by atoms with Gasteiger partial charge in [0.15, 0.2) is 0 Å². The number of rotatable bonds is 3. The van der Waals surface area contributed by atoms with E-state index in [1.165, 1.54) is 11.1 Å². The van der Waals surface area contributed by atoms with E-state index in [1.54, 1.807) is 0 Å². The lowest BCUT2D eigenvalue weighted by Crippen LogP contribution is -2.25. The molecule has 1 aromatic carbocycles. The van der Waals surface area contributed by atoms with Gasteiger partial charge in [0.05, 0.1) is 6.20 Å². The van der Waals surface area contributed by atoms with Gasteiger partial charge in [0, 0.05) is 29.5 Å². The average molecular weight is 243 g/mol.